The second-order valence-electron chi connectivity index (χ2n) is 7.24. The van der Waals surface area contributed by atoms with Crippen molar-refractivity contribution in [1.82, 2.24) is 10.6 Å². The lowest BCUT2D eigenvalue weighted by molar-refractivity contribution is -0.130. The van der Waals surface area contributed by atoms with Gasteiger partial charge in [0, 0.05) is 13.7 Å². The zero-order valence-corrected chi connectivity index (χ0v) is 14.8. The Labute approximate surface area is 143 Å². The Kier molecular flexibility index (Phi) is 7.45. The first-order valence-corrected chi connectivity index (χ1v) is 8.73. The van der Waals surface area contributed by atoms with E-state index in [2.05, 4.69) is 10.6 Å². The Hall–Kier alpha value is -1.18. The van der Waals surface area contributed by atoms with Gasteiger partial charge in [-0.05, 0) is 44.4 Å². The molecule has 0 aromatic heterocycles. The molecule has 0 aromatic carbocycles. The molecule has 24 heavy (non-hydrogen) atoms. The van der Waals surface area contributed by atoms with Crippen LogP contribution in [0.25, 0.3) is 0 Å². The lowest BCUT2D eigenvalue weighted by Gasteiger charge is -2.30. The fourth-order valence-electron chi connectivity index (χ4n) is 2.37. The van der Waals surface area contributed by atoms with E-state index in [-0.39, 0.29) is 31.6 Å². The molecule has 0 bridgehead atoms. The molecule has 0 aliphatic heterocycles. The second kappa shape index (κ2) is 9.34. The molecule has 2 N–H and O–H groups in total. The first-order chi connectivity index (χ1) is 11.5. The van der Waals surface area contributed by atoms with E-state index >= 15 is 0 Å². The maximum atomic E-state index is 12.0. The van der Waals surface area contributed by atoms with Crippen LogP contribution in [0.4, 0.5) is 0 Å². The van der Waals surface area contributed by atoms with Crippen LogP contribution < -0.4 is 10.6 Å². The van der Waals surface area contributed by atoms with Crippen molar-refractivity contribution in [3.63, 3.8) is 0 Å². The minimum absolute atomic E-state index is 0.0360. The molecule has 0 spiro atoms. The number of hydrogen-bond donors (Lipinski definition) is 2. The van der Waals surface area contributed by atoms with Crippen LogP contribution in [0.3, 0.4) is 0 Å². The van der Waals surface area contributed by atoms with Crippen LogP contribution in [0.15, 0.2) is 0 Å². The van der Waals surface area contributed by atoms with Crippen LogP contribution in [0.2, 0.25) is 0 Å². The molecule has 2 aliphatic rings. The van der Waals surface area contributed by atoms with Crippen molar-refractivity contribution >= 4 is 11.8 Å². The predicted molar refractivity (Wildman–Crippen MR) is 88.5 cm³/mol. The largest absolute Gasteiger partial charge is 0.382 e. The highest BCUT2D eigenvalue weighted by Gasteiger charge is 2.28. The fourth-order valence-corrected chi connectivity index (χ4v) is 2.37. The highest BCUT2D eigenvalue weighted by molar-refractivity contribution is 5.79. The molecular weight excluding hydrogens is 312 g/mol. The van der Waals surface area contributed by atoms with Gasteiger partial charge in [-0.3, -0.25) is 9.59 Å². The molecule has 1 atom stereocenters. The Bertz CT molecular complexity index is 423. The average Bonchev–Trinajstić information content (AvgIpc) is 3.40. The number of rotatable bonds is 13. The van der Waals surface area contributed by atoms with Gasteiger partial charge in [-0.25, -0.2) is 0 Å². The van der Waals surface area contributed by atoms with E-state index < -0.39 is 5.54 Å². The van der Waals surface area contributed by atoms with Crippen molar-refractivity contribution in [1.29, 1.82) is 0 Å². The molecule has 138 valence electrons. The molecule has 1 unspecified atom stereocenters. The summed E-state index contributed by atoms with van der Waals surface area (Å²) in [6, 6.07) is 0. The van der Waals surface area contributed by atoms with Gasteiger partial charge in [0.1, 0.15) is 13.2 Å². The van der Waals surface area contributed by atoms with E-state index in [1.807, 2.05) is 6.92 Å². The first kappa shape index (κ1) is 19.1. The van der Waals surface area contributed by atoms with E-state index in [0.717, 1.165) is 0 Å². The summed E-state index contributed by atoms with van der Waals surface area (Å²) < 4.78 is 15.9. The minimum Gasteiger partial charge on any atom is -0.382 e. The van der Waals surface area contributed by atoms with Gasteiger partial charge in [-0.2, -0.15) is 0 Å². The van der Waals surface area contributed by atoms with Crippen LogP contribution in [-0.4, -0.2) is 64.0 Å². The summed E-state index contributed by atoms with van der Waals surface area (Å²) in [6.07, 6.45) is 4.78. The molecule has 0 radical (unpaired) electrons. The molecule has 7 nitrogen and oxygen atoms in total. The number of methoxy groups -OCH3 is 1. The van der Waals surface area contributed by atoms with E-state index in [4.69, 9.17) is 14.2 Å². The molecule has 2 fully saturated rings. The van der Waals surface area contributed by atoms with Crippen LogP contribution >= 0.6 is 0 Å². The van der Waals surface area contributed by atoms with Crippen molar-refractivity contribution in [3.05, 3.63) is 0 Å². The third-order valence-electron chi connectivity index (χ3n) is 4.15. The van der Waals surface area contributed by atoms with Gasteiger partial charge in [0.2, 0.25) is 11.8 Å². The topological polar surface area (TPSA) is 85.9 Å². The third kappa shape index (κ3) is 8.08. The Morgan fingerprint density at radius 2 is 1.54 bits per heavy atom. The van der Waals surface area contributed by atoms with E-state index in [9.17, 15) is 9.59 Å². The molecule has 0 aromatic rings. The molecule has 2 amide bonds. The van der Waals surface area contributed by atoms with Crippen LogP contribution in [-0.2, 0) is 23.8 Å². The normalized spacial score (nSPS) is 19.6. The lowest BCUT2D eigenvalue weighted by Crippen LogP contribution is -2.57. The second-order valence-corrected chi connectivity index (χ2v) is 7.24. The number of amides is 2. The zero-order valence-electron chi connectivity index (χ0n) is 14.8. The number of carbonyl (C=O) groups excluding carboxylic acids is 2. The van der Waals surface area contributed by atoms with Gasteiger partial charge in [0.05, 0.1) is 25.4 Å². The highest BCUT2D eigenvalue weighted by Crippen LogP contribution is 2.29. The SMILES string of the molecule is COCC(C)(CNC(=O)COCC1CC1)NC(=O)COCC1CC1. The predicted octanol–water partition coefficient (Wildman–Crippen LogP) is 0.477. The Balaban J connectivity index is 1.64. The van der Waals surface area contributed by atoms with Gasteiger partial charge in [-0.1, -0.05) is 0 Å². The number of nitrogens with one attached hydrogen (secondary N) is 2. The summed E-state index contributed by atoms with van der Waals surface area (Å²) in [5.74, 6) is 0.871. The summed E-state index contributed by atoms with van der Waals surface area (Å²) in [6.45, 7) is 3.79. The minimum atomic E-state index is -0.680. The summed E-state index contributed by atoms with van der Waals surface area (Å²) >= 11 is 0. The third-order valence-corrected chi connectivity index (χ3v) is 4.15. The van der Waals surface area contributed by atoms with Crippen molar-refractivity contribution in [3.8, 4) is 0 Å². The van der Waals surface area contributed by atoms with Crippen LogP contribution in [0.1, 0.15) is 32.6 Å². The molecule has 0 saturated heterocycles. The Morgan fingerprint density at radius 3 is 2.04 bits per heavy atom. The summed E-state index contributed by atoms with van der Waals surface area (Å²) in [4.78, 5) is 23.8. The number of hydrogen-bond acceptors (Lipinski definition) is 5. The molecule has 0 heterocycles. The van der Waals surface area contributed by atoms with Crippen molar-refractivity contribution in [2.24, 2.45) is 11.8 Å². The van der Waals surface area contributed by atoms with E-state index in [0.29, 0.717) is 31.7 Å². The van der Waals surface area contributed by atoms with Gasteiger partial charge in [0.15, 0.2) is 0 Å². The number of carbonyl (C=O) groups is 2. The summed E-state index contributed by atoms with van der Waals surface area (Å²) in [7, 11) is 1.56. The summed E-state index contributed by atoms with van der Waals surface area (Å²) in [5, 5.41) is 5.68. The van der Waals surface area contributed by atoms with Gasteiger partial charge < -0.3 is 24.8 Å². The fraction of sp³-hybridized carbons (Fsp3) is 0.882. The summed E-state index contributed by atoms with van der Waals surface area (Å²) in [5.41, 5.74) is -0.680. The number of ether oxygens (including phenoxy) is 3. The standard InChI is InChI=1S/C17H30N2O5/c1-17(12-22-2,19-16(21)10-24-8-14-5-6-14)11-18-15(20)9-23-7-13-3-4-13/h13-14H,3-12H2,1-2H3,(H,18,20)(H,19,21). The maximum Gasteiger partial charge on any atom is 0.246 e. The van der Waals surface area contributed by atoms with Crippen LogP contribution in [0, 0.1) is 11.8 Å². The maximum absolute atomic E-state index is 12.0. The monoisotopic (exact) mass is 342 g/mol. The van der Waals surface area contributed by atoms with Gasteiger partial charge in [-0.15, -0.1) is 0 Å². The van der Waals surface area contributed by atoms with Crippen molar-refractivity contribution in [2.75, 3.05) is 46.7 Å². The molecular formula is C17H30N2O5. The lowest BCUT2D eigenvalue weighted by atomic mass is 10.0. The van der Waals surface area contributed by atoms with Crippen LogP contribution in [0.5, 0.6) is 0 Å². The van der Waals surface area contributed by atoms with Crippen molar-refractivity contribution < 1.29 is 23.8 Å². The smallest absolute Gasteiger partial charge is 0.246 e. The van der Waals surface area contributed by atoms with Gasteiger partial charge in [0.25, 0.3) is 0 Å². The Morgan fingerprint density at radius 1 is 1.00 bits per heavy atom. The molecule has 2 rings (SSSR count). The quantitative estimate of drug-likeness (QED) is 0.508. The van der Waals surface area contributed by atoms with E-state index in [1.54, 1.807) is 7.11 Å². The molecule has 2 aliphatic carbocycles. The molecule has 2 saturated carbocycles. The molecule has 7 heteroatoms. The van der Waals surface area contributed by atoms with E-state index in [1.165, 1.54) is 25.7 Å². The van der Waals surface area contributed by atoms with Crippen molar-refractivity contribution in [2.45, 2.75) is 38.1 Å². The highest BCUT2D eigenvalue weighted by atomic mass is 16.5. The average molecular weight is 342 g/mol. The zero-order chi connectivity index (χ0) is 17.4. The van der Waals surface area contributed by atoms with Gasteiger partial charge >= 0.3 is 0 Å². The first-order valence-electron chi connectivity index (χ1n) is 8.73.